The van der Waals surface area contributed by atoms with Gasteiger partial charge >= 0.3 is 0 Å². The van der Waals surface area contributed by atoms with E-state index in [2.05, 4.69) is 26.9 Å². The summed E-state index contributed by atoms with van der Waals surface area (Å²) in [4.78, 5) is 16.5. The number of rotatable bonds is 2. The van der Waals surface area contributed by atoms with Crippen molar-refractivity contribution in [2.24, 2.45) is 0 Å². The lowest BCUT2D eigenvalue weighted by atomic mass is 10.3. The average molecular weight is 209 g/mol. The van der Waals surface area contributed by atoms with E-state index in [-0.39, 0.29) is 0 Å². The van der Waals surface area contributed by atoms with Gasteiger partial charge in [-0.1, -0.05) is 18.5 Å². The van der Waals surface area contributed by atoms with Crippen molar-refractivity contribution in [3.63, 3.8) is 0 Å². The van der Waals surface area contributed by atoms with Crippen molar-refractivity contribution in [1.29, 1.82) is 0 Å². The minimum absolute atomic E-state index is 0.381. The lowest BCUT2D eigenvalue weighted by Crippen LogP contribution is -1.98. The van der Waals surface area contributed by atoms with Crippen molar-refractivity contribution in [2.45, 2.75) is 19.8 Å². The summed E-state index contributed by atoms with van der Waals surface area (Å²) in [5.74, 6) is 0.727. The second-order valence-corrected chi connectivity index (χ2v) is 3.27. The molecular formula is C9H9ClN4. The van der Waals surface area contributed by atoms with E-state index in [0.717, 1.165) is 18.7 Å². The Labute approximate surface area is 86.4 Å². The van der Waals surface area contributed by atoms with Gasteiger partial charge in [0.15, 0.2) is 10.8 Å². The molecule has 0 unspecified atom stereocenters. The van der Waals surface area contributed by atoms with Crippen LogP contribution in [0.5, 0.6) is 0 Å². The predicted octanol–water partition coefficient (Wildman–Crippen LogP) is 2.03. The fourth-order valence-corrected chi connectivity index (χ4v) is 1.44. The van der Waals surface area contributed by atoms with Gasteiger partial charge in [-0.15, -0.1) is 0 Å². The van der Waals surface area contributed by atoms with E-state index >= 15 is 0 Å². The van der Waals surface area contributed by atoms with E-state index in [4.69, 9.17) is 11.6 Å². The first-order valence-corrected chi connectivity index (χ1v) is 4.82. The number of halogens is 1. The van der Waals surface area contributed by atoms with Crippen molar-refractivity contribution >= 4 is 22.8 Å². The van der Waals surface area contributed by atoms with Gasteiger partial charge < -0.3 is 0 Å². The number of aryl methyl sites for hydroxylation is 1. The largest absolute Gasteiger partial charge is 0.248 e. The number of hydrogen-bond acceptors (Lipinski definition) is 4. The van der Waals surface area contributed by atoms with Crippen molar-refractivity contribution in [1.82, 2.24) is 19.9 Å². The Hall–Kier alpha value is -1.29. The highest BCUT2D eigenvalue weighted by molar-refractivity contribution is 6.33. The van der Waals surface area contributed by atoms with E-state index in [1.807, 2.05) is 0 Å². The van der Waals surface area contributed by atoms with Gasteiger partial charge in [0.25, 0.3) is 0 Å². The molecule has 0 N–H and O–H groups in total. The molecule has 0 aliphatic heterocycles. The van der Waals surface area contributed by atoms with Crippen LogP contribution in [0.3, 0.4) is 0 Å². The fourth-order valence-electron chi connectivity index (χ4n) is 1.21. The van der Waals surface area contributed by atoms with Gasteiger partial charge in [0.2, 0.25) is 0 Å². The number of hydrogen-bond donors (Lipinski definition) is 0. The van der Waals surface area contributed by atoms with Crippen molar-refractivity contribution in [3.8, 4) is 0 Å². The molecule has 2 rings (SSSR count). The monoisotopic (exact) mass is 208 g/mol. The summed E-state index contributed by atoms with van der Waals surface area (Å²) in [5, 5.41) is 0.381. The highest BCUT2D eigenvalue weighted by Crippen LogP contribution is 2.15. The molecule has 2 aromatic heterocycles. The van der Waals surface area contributed by atoms with Crippen LogP contribution in [0, 0.1) is 0 Å². The zero-order valence-electron chi connectivity index (χ0n) is 7.74. The Bertz CT molecular complexity index is 458. The van der Waals surface area contributed by atoms with Crippen molar-refractivity contribution < 1.29 is 0 Å². The maximum absolute atomic E-state index is 5.94. The van der Waals surface area contributed by atoms with Gasteiger partial charge in [0, 0.05) is 18.8 Å². The Balaban J connectivity index is 2.60. The molecule has 72 valence electrons. The van der Waals surface area contributed by atoms with Crippen LogP contribution in [0.25, 0.3) is 11.2 Å². The molecule has 0 aliphatic carbocycles. The van der Waals surface area contributed by atoms with Crippen LogP contribution >= 0.6 is 11.6 Å². The quantitative estimate of drug-likeness (QED) is 0.709. The van der Waals surface area contributed by atoms with Gasteiger partial charge in [-0.2, -0.15) is 0 Å². The molecule has 0 radical (unpaired) electrons. The molecule has 14 heavy (non-hydrogen) atoms. The lowest BCUT2D eigenvalue weighted by Gasteiger charge is -2.00. The molecule has 0 aliphatic rings. The third-order valence-corrected chi connectivity index (χ3v) is 2.07. The molecule has 0 saturated carbocycles. The van der Waals surface area contributed by atoms with Crippen molar-refractivity contribution in [3.05, 3.63) is 23.4 Å². The third kappa shape index (κ3) is 1.65. The molecule has 2 aromatic rings. The second-order valence-electron chi connectivity index (χ2n) is 2.91. The van der Waals surface area contributed by atoms with E-state index in [0.29, 0.717) is 16.3 Å². The summed E-state index contributed by atoms with van der Waals surface area (Å²) in [6.07, 6.45) is 4.98. The van der Waals surface area contributed by atoms with Crippen LogP contribution in [0.15, 0.2) is 12.4 Å². The first-order valence-electron chi connectivity index (χ1n) is 4.44. The first kappa shape index (κ1) is 9.27. The normalized spacial score (nSPS) is 10.7. The fraction of sp³-hybridized carbons (Fsp3) is 0.333. The van der Waals surface area contributed by atoms with Gasteiger partial charge in [0.05, 0.1) is 0 Å². The van der Waals surface area contributed by atoms with Crippen LogP contribution in [0.4, 0.5) is 0 Å². The number of nitrogens with zero attached hydrogens (tertiary/aromatic N) is 4. The summed E-state index contributed by atoms with van der Waals surface area (Å²) >= 11 is 5.94. The molecule has 4 nitrogen and oxygen atoms in total. The molecule has 0 spiro atoms. The second kappa shape index (κ2) is 3.84. The third-order valence-electron chi connectivity index (χ3n) is 1.81. The summed E-state index contributed by atoms with van der Waals surface area (Å²) in [7, 11) is 0. The molecule has 0 aromatic carbocycles. The Morgan fingerprint density at radius 1 is 1.21 bits per heavy atom. The van der Waals surface area contributed by atoms with E-state index in [9.17, 15) is 0 Å². The summed E-state index contributed by atoms with van der Waals surface area (Å²) in [6, 6.07) is 0. The summed E-state index contributed by atoms with van der Waals surface area (Å²) < 4.78 is 0. The van der Waals surface area contributed by atoms with Crippen LogP contribution in [0.1, 0.15) is 19.2 Å². The zero-order chi connectivity index (χ0) is 9.97. The standard InChI is InChI=1S/C9H9ClN4/c1-2-3-6-13-8(10)7-9(14-6)12-5-4-11-7/h4-5H,2-3H2,1H3. The smallest absolute Gasteiger partial charge is 0.183 e. The Morgan fingerprint density at radius 3 is 2.79 bits per heavy atom. The minimum atomic E-state index is 0.381. The predicted molar refractivity (Wildman–Crippen MR) is 54.1 cm³/mol. The highest BCUT2D eigenvalue weighted by Gasteiger charge is 2.06. The molecule has 0 saturated heterocycles. The molecule has 0 amide bonds. The van der Waals surface area contributed by atoms with Crippen LogP contribution < -0.4 is 0 Å². The first-order chi connectivity index (χ1) is 6.81. The van der Waals surface area contributed by atoms with E-state index < -0.39 is 0 Å². The molecule has 0 fully saturated rings. The minimum Gasteiger partial charge on any atom is -0.248 e. The number of fused-ring (bicyclic) bond motifs is 1. The topological polar surface area (TPSA) is 51.6 Å². The molecule has 2 heterocycles. The van der Waals surface area contributed by atoms with Gasteiger partial charge in [-0.25, -0.2) is 19.9 Å². The average Bonchev–Trinajstić information content (AvgIpc) is 2.18. The summed E-state index contributed by atoms with van der Waals surface area (Å²) in [6.45, 7) is 2.07. The maximum Gasteiger partial charge on any atom is 0.183 e. The maximum atomic E-state index is 5.94. The van der Waals surface area contributed by atoms with Crippen LogP contribution in [-0.4, -0.2) is 19.9 Å². The SMILES string of the molecule is CCCc1nc(Cl)c2nccnc2n1. The van der Waals surface area contributed by atoms with E-state index in [1.165, 1.54) is 0 Å². The van der Waals surface area contributed by atoms with Crippen LogP contribution in [-0.2, 0) is 6.42 Å². The molecular weight excluding hydrogens is 200 g/mol. The highest BCUT2D eigenvalue weighted by atomic mass is 35.5. The van der Waals surface area contributed by atoms with Crippen molar-refractivity contribution in [2.75, 3.05) is 0 Å². The van der Waals surface area contributed by atoms with E-state index in [1.54, 1.807) is 12.4 Å². The number of aromatic nitrogens is 4. The van der Waals surface area contributed by atoms with Gasteiger partial charge in [-0.05, 0) is 6.42 Å². The van der Waals surface area contributed by atoms with Gasteiger partial charge in [0.1, 0.15) is 11.3 Å². The van der Waals surface area contributed by atoms with Crippen LogP contribution in [0.2, 0.25) is 5.15 Å². The molecule has 5 heteroatoms. The molecule has 0 bridgehead atoms. The van der Waals surface area contributed by atoms with Gasteiger partial charge in [-0.3, -0.25) is 0 Å². The Morgan fingerprint density at radius 2 is 2.00 bits per heavy atom. The lowest BCUT2D eigenvalue weighted by molar-refractivity contribution is 0.840. The zero-order valence-corrected chi connectivity index (χ0v) is 8.49. The Kier molecular flexibility index (Phi) is 2.54. The molecule has 0 atom stereocenters. The summed E-state index contributed by atoms with van der Waals surface area (Å²) in [5.41, 5.74) is 1.13.